The van der Waals surface area contributed by atoms with Gasteiger partial charge in [-0.2, -0.15) is 0 Å². The number of hydrogen-bond acceptors (Lipinski definition) is 2. The summed E-state index contributed by atoms with van der Waals surface area (Å²) in [4.78, 5) is 11.0. The summed E-state index contributed by atoms with van der Waals surface area (Å²) in [6.45, 7) is 2.81. The maximum Gasteiger partial charge on any atom is 0.335 e. The predicted octanol–water partition coefficient (Wildman–Crippen LogP) is 8.55. The van der Waals surface area contributed by atoms with Gasteiger partial charge in [-0.25, -0.2) is 4.79 Å². The van der Waals surface area contributed by atoms with Crippen molar-refractivity contribution in [3.05, 3.63) is 27.7 Å². The average Bonchev–Trinajstić information content (AvgIpc) is 2.66. The number of benzene rings is 1. The average molecular weight is 431 g/mol. The first-order valence-electron chi connectivity index (χ1n) is 10.9. The van der Waals surface area contributed by atoms with Gasteiger partial charge in [-0.05, 0) is 18.6 Å². The third-order valence-electron chi connectivity index (χ3n) is 4.99. The molecule has 0 aliphatic carbocycles. The third kappa shape index (κ3) is 11.2. The Balaban J connectivity index is 1.98. The largest absolute Gasteiger partial charge is 0.490 e. The normalized spacial score (nSPS) is 11.0. The van der Waals surface area contributed by atoms with E-state index in [1.165, 1.54) is 89.2 Å². The lowest BCUT2D eigenvalue weighted by atomic mass is 10.0. The summed E-state index contributed by atoms with van der Waals surface area (Å²) in [6.07, 6.45) is 18.4. The van der Waals surface area contributed by atoms with E-state index in [0.717, 1.165) is 12.8 Å². The van der Waals surface area contributed by atoms with Crippen LogP contribution in [-0.2, 0) is 0 Å². The molecule has 0 saturated carbocycles. The second-order valence-electron chi connectivity index (χ2n) is 7.52. The van der Waals surface area contributed by atoms with E-state index in [9.17, 15) is 4.79 Å². The minimum atomic E-state index is -1.05. The van der Waals surface area contributed by atoms with Gasteiger partial charge >= 0.3 is 5.97 Å². The topological polar surface area (TPSA) is 46.5 Å². The molecule has 0 aromatic heterocycles. The van der Waals surface area contributed by atoms with Crippen molar-refractivity contribution < 1.29 is 14.6 Å². The van der Waals surface area contributed by atoms with Gasteiger partial charge in [-0.15, -0.1) is 0 Å². The van der Waals surface area contributed by atoms with Crippen molar-refractivity contribution in [2.45, 2.75) is 96.8 Å². The van der Waals surface area contributed by atoms with E-state index >= 15 is 0 Å². The minimum Gasteiger partial charge on any atom is -0.490 e. The minimum absolute atomic E-state index is 0.0684. The van der Waals surface area contributed by atoms with Crippen molar-refractivity contribution >= 4 is 29.2 Å². The molecule has 1 rings (SSSR count). The lowest BCUT2D eigenvalue weighted by Crippen LogP contribution is -2.01. The Morgan fingerprint density at radius 1 is 0.786 bits per heavy atom. The van der Waals surface area contributed by atoms with Crippen molar-refractivity contribution in [1.82, 2.24) is 0 Å². The zero-order valence-electron chi connectivity index (χ0n) is 17.3. The molecule has 0 saturated heterocycles. The quantitative estimate of drug-likeness (QED) is 0.251. The number of unbranched alkanes of at least 4 members (excludes halogenated alkanes) is 13. The van der Waals surface area contributed by atoms with Crippen molar-refractivity contribution in [2.75, 3.05) is 6.61 Å². The van der Waals surface area contributed by atoms with Gasteiger partial charge in [0.1, 0.15) is 0 Å². The Morgan fingerprint density at radius 2 is 1.18 bits per heavy atom. The van der Waals surface area contributed by atoms with Gasteiger partial charge in [-0.1, -0.05) is 114 Å². The number of halogens is 2. The fourth-order valence-electron chi connectivity index (χ4n) is 3.29. The number of carboxylic acids is 1. The summed E-state index contributed by atoms with van der Waals surface area (Å²) in [5.74, 6) is -0.676. The fourth-order valence-corrected chi connectivity index (χ4v) is 3.89. The molecule has 160 valence electrons. The molecule has 1 N–H and O–H groups in total. The van der Waals surface area contributed by atoms with E-state index in [2.05, 4.69) is 6.92 Å². The molecule has 28 heavy (non-hydrogen) atoms. The molecule has 0 aliphatic heterocycles. The highest BCUT2D eigenvalue weighted by molar-refractivity contribution is 6.37. The van der Waals surface area contributed by atoms with Crippen LogP contribution in [0.4, 0.5) is 0 Å². The standard InChI is InChI=1S/C23H36Cl2O3/c1-2-3-4-5-6-7-8-9-10-11-12-13-14-15-16-28-22-20(24)17-19(23(26)27)18-21(22)25/h17-18H,2-16H2,1H3,(H,26,27). The first-order chi connectivity index (χ1) is 13.6. The summed E-state index contributed by atoms with van der Waals surface area (Å²) in [6, 6.07) is 2.74. The zero-order chi connectivity index (χ0) is 20.6. The van der Waals surface area contributed by atoms with Gasteiger partial charge < -0.3 is 9.84 Å². The van der Waals surface area contributed by atoms with Crippen LogP contribution in [0.5, 0.6) is 5.75 Å². The summed E-state index contributed by atoms with van der Waals surface area (Å²) < 4.78 is 5.65. The Kier molecular flexibility index (Phi) is 14.3. The van der Waals surface area contributed by atoms with E-state index in [0.29, 0.717) is 12.4 Å². The van der Waals surface area contributed by atoms with Crippen LogP contribution < -0.4 is 4.74 Å². The third-order valence-corrected chi connectivity index (χ3v) is 5.55. The van der Waals surface area contributed by atoms with Crippen LogP contribution in [0.1, 0.15) is 107 Å². The van der Waals surface area contributed by atoms with Crippen molar-refractivity contribution in [3.63, 3.8) is 0 Å². The van der Waals surface area contributed by atoms with Crippen LogP contribution in [0.25, 0.3) is 0 Å². The summed E-state index contributed by atoms with van der Waals surface area (Å²) in [5.41, 5.74) is 0.0684. The predicted molar refractivity (Wildman–Crippen MR) is 119 cm³/mol. The number of hydrogen-bond donors (Lipinski definition) is 1. The first kappa shape index (κ1) is 25.1. The van der Waals surface area contributed by atoms with Crippen LogP contribution in [0.3, 0.4) is 0 Å². The molecular weight excluding hydrogens is 395 g/mol. The number of ether oxygens (including phenoxy) is 1. The molecular formula is C23H36Cl2O3. The van der Waals surface area contributed by atoms with Crippen molar-refractivity contribution in [3.8, 4) is 5.75 Å². The van der Waals surface area contributed by atoms with E-state index < -0.39 is 5.97 Å². The maximum absolute atomic E-state index is 11.0. The maximum atomic E-state index is 11.0. The van der Waals surface area contributed by atoms with E-state index in [-0.39, 0.29) is 15.6 Å². The highest BCUT2D eigenvalue weighted by Crippen LogP contribution is 2.34. The van der Waals surface area contributed by atoms with Crippen LogP contribution in [0.2, 0.25) is 10.0 Å². The summed E-state index contributed by atoms with van der Waals surface area (Å²) in [5, 5.41) is 9.47. The van der Waals surface area contributed by atoms with Gasteiger partial charge in [0, 0.05) is 0 Å². The number of aromatic carboxylic acids is 1. The lowest BCUT2D eigenvalue weighted by molar-refractivity contribution is 0.0697. The number of rotatable bonds is 17. The van der Waals surface area contributed by atoms with Gasteiger partial charge in [0.15, 0.2) is 5.75 Å². The molecule has 1 aromatic carbocycles. The second-order valence-corrected chi connectivity index (χ2v) is 8.33. The molecule has 0 spiro atoms. The summed E-state index contributed by atoms with van der Waals surface area (Å²) >= 11 is 12.1. The smallest absolute Gasteiger partial charge is 0.335 e. The molecule has 5 heteroatoms. The molecule has 0 fully saturated rings. The molecule has 0 heterocycles. The van der Waals surface area contributed by atoms with Crippen LogP contribution in [-0.4, -0.2) is 17.7 Å². The van der Waals surface area contributed by atoms with Crippen molar-refractivity contribution in [2.24, 2.45) is 0 Å². The molecule has 0 unspecified atom stereocenters. The molecule has 0 bridgehead atoms. The fraction of sp³-hybridized carbons (Fsp3) is 0.696. The van der Waals surface area contributed by atoms with Gasteiger partial charge in [0.05, 0.1) is 22.2 Å². The lowest BCUT2D eigenvalue weighted by Gasteiger charge is -2.10. The Labute approximate surface area is 180 Å². The molecule has 0 aliphatic rings. The SMILES string of the molecule is CCCCCCCCCCCCCCCCOc1c(Cl)cc(C(=O)O)cc1Cl. The molecule has 3 nitrogen and oxygen atoms in total. The van der Waals surface area contributed by atoms with Crippen LogP contribution in [0, 0.1) is 0 Å². The monoisotopic (exact) mass is 430 g/mol. The van der Waals surface area contributed by atoms with E-state index in [1.807, 2.05) is 0 Å². The van der Waals surface area contributed by atoms with Gasteiger partial charge in [0.2, 0.25) is 0 Å². The number of carbonyl (C=O) groups is 1. The van der Waals surface area contributed by atoms with Crippen molar-refractivity contribution in [1.29, 1.82) is 0 Å². The second kappa shape index (κ2) is 15.9. The van der Waals surface area contributed by atoms with E-state index in [4.69, 9.17) is 33.0 Å². The molecule has 0 radical (unpaired) electrons. The highest BCUT2D eigenvalue weighted by atomic mass is 35.5. The molecule has 1 aromatic rings. The zero-order valence-corrected chi connectivity index (χ0v) is 18.8. The molecule has 0 amide bonds. The Hall–Kier alpha value is -0.930. The van der Waals surface area contributed by atoms with Gasteiger partial charge in [0.25, 0.3) is 0 Å². The van der Waals surface area contributed by atoms with Gasteiger partial charge in [-0.3, -0.25) is 0 Å². The highest BCUT2D eigenvalue weighted by Gasteiger charge is 2.13. The Bertz CT molecular complexity index is 538. The van der Waals surface area contributed by atoms with E-state index in [1.54, 1.807) is 0 Å². The van der Waals surface area contributed by atoms with Crippen LogP contribution in [0.15, 0.2) is 12.1 Å². The molecule has 0 atom stereocenters. The Morgan fingerprint density at radius 3 is 1.57 bits per heavy atom. The summed E-state index contributed by atoms with van der Waals surface area (Å²) in [7, 11) is 0. The first-order valence-corrected chi connectivity index (χ1v) is 11.7. The number of carboxylic acid groups (broad SMARTS) is 1. The van der Waals surface area contributed by atoms with Crippen LogP contribution >= 0.6 is 23.2 Å².